The minimum Gasteiger partial charge on any atom is -0.496 e. The van der Waals surface area contributed by atoms with E-state index in [1.807, 2.05) is 26.0 Å². The molecule has 18 nitrogen and oxygen atoms in total. The first-order chi connectivity index (χ1) is 29.6. The van der Waals surface area contributed by atoms with Gasteiger partial charge in [-0.25, -0.2) is 23.2 Å². The summed E-state index contributed by atoms with van der Waals surface area (Å²) in [6, 6.07) is 3.30. The number of carbonyl (C=O) groups is 4. The van der Waals surface area contributed by atoms with Crippen molar-refractivity contribution in [2.24, 2.45) is 24.3 Å². The van der Waals surface area contributed by atoms with Crippen LogP contribution in [-0.4, -0.2) is 106 Å². The molecule has 3 N–H and O–H groups in total. The summed E-state index contributed by atoms with van der Waals surface area (Å²) in [7, 11) is -0.580. The molecule has 5 atom stereocenters. The minimum absolute atomic E-state index is 0.00526. The summed E-state index contributed by atoms with van der Waals surface area (Å²) in [6.45, 7) is 7.95. The van der Waals surface area contributed by atoms with Crippen LogP contribution >= 0.6 is 0 Å². The molecule has 4 bridgehead atoms. The summed E-state index contributed by atoms with van der Waals surface area (Å²) in [5.74, 6) is -1.05. The molecular weight excluding hydrogens is 821 g/mol. The highest BCUT2D eigenvalue weighted by atomic mass is 32.2. The quantitative estimate of drug-likeness (QED) is 0.235. The number of nitrogens with one attached hydrogen (secondary N) is 3. The average molecular weight is 877 g/mol. The highest BCUT2D eigenvalue weighted by molar-refractivity contribution is 7.91. The van der Waals surface area contributed by atoms with E-state index in [-0.39, 0.29) is 44.4 Å². The van der Waals surface area contributed by atoms with E-state index in [9.17, 15) is 27.6 Å². The Morgan fingerprint density at radius 3 is 2.56 bits per heavy atom. The molecule has 4 heterocycles. The molecule has 3 saturated carbocycles. The topological polar surface area (TPSA) is 222 Å². The highest BCUT2D eigenvalue weighted by Crippen LogP contribution is 2.46. The van der Waals surface area contributed by atoms with Crippen LogP contribution in [0.25, 0.3) is 10.9 Å². The monoisotopic (exact) mass is 876 g/mol. The first kappa shape index (κ1) is 43.2. The number of fused-ring (bicyclic) bond motifs is 3. The number of aromatic nitrogens is 4. The van der Waals surface area contributed by atoms with E-state index in [4.69, 9.17) is 23.9 Å². The molecule has 4 fully saturated rings. The Hall–Kier alpha value is -5.46. The number of benzene rings is 1. The first-order valence-electron chi connectivity index (χ1n) is 21.5. The lowest BCUT2D eigenvalue weighted by molar-refractivity contribution is -0.142. The molecule has 19 heteroatoms. The van der Waals surface area contributed by atoms with Gasteiger partial charge < -0.3 is 34.5 Å². The molecule has 0 spiro atoms. The van der Waals surface area contributed by atoms with Crippen molar-refractivity contribution in [3.05, 3.63) is 48.6 Å². The number of pyridine rings is 1. The van der Waals surface area contributed by atoms with Gasteiger partial charge in [0, 0.05) is 36.9 Å². The van der Waals surface area contributed by atoms with E-state index in [0.717, 1.165) is 24.8 Å². The number of nitrogens with zero attached hydrogens (tertiary/aromatic N) is 5. The number of rotatable bonds is 11. The SMILES string of the molecule is C=C[C@H]1CC1(NC(=O)[C@@H]1C[C@@H]2CN1C(=O)[C@H](C1CCCC1)NC(=O)OCC(C)(C)CCCc1cc3c(cc(OCc4ncn(C)n4)nc3cc1OC)O2)C(=O)NS(=O)(=O)C1CC1. The number of hydrogen-bond acceptors (Lipinski definition) is 13. The minimum atomic E-state index is -3.93. The van der Waals surface area contributed by atoms with E-state index in [1.165, 1.54) is 11.0 Å². The lowest BCUT2D eigenvalue weighted by Crippen LogP contribution is -2.59. The van der Waals surface area contributed by atoms with Crippen molar-refractivity contribution in [1.29, 1.82) is 0 Å². The van der Waals surface area contributed by atoms with Crippen LogP contribution in [0, 0.1) is 17.3 Å². The molecule has 3 aliphatic carbocycles. The Kier molecular flexibility index (Phi) is 11.9. The van der Waals surface area contributed by atoms with Gasteiger partial charge >= 0.3 is 6.09 Å². The molecule has 62 heavy (non-hydrogen) atoms. The van der Waals surface area contributed by atoms with Crippen LogP contribution in [0.15, 0.2) is 37.2 Å². The maximum absolute atomic E-state index is 14.9. The van der Waals surface area contributed by atoms with Crippen LogP contribution in [0.1, 0.15) is 89.4 Å². The Morgan fingerprint density at radius 2 is 1.89 bits per heavy atom. The number of hydrogen-bond donors (Lipinski definition) is 3. The predicted octanol–water partition coefficient (Wildman–Crippen LogP) is 3.62. The third-order valence-corrected chi connectivity index (χ3v) is 14.7. The number of methoxy groups -OCH3 is 1. The van der Waals surface area contributed by atoms with Crippen molar-refractivity contribution in [1.82, 2.24) is 40.0 Å². The number of carbonyl (C=O) groups excluding carboxylic acids is 4. The van der Waals surface area contributed by atoms with Gasteiger partial charge in [-0.05, 0) is 74.3 Å². The van der Waals surface area contributed by atoms with Crippen molar-refractivity contribution >= 4 is 44.7 Å². The molecule has 334 valence electrons. The summed E-state index contributed by atoms with van der Waals surface area (Å²) in [5.41, 5.74) is -0.548. The van der Waals surface area contributed by atoms with Crippen LogP contribution in [0.3, 0.4) is 0 Å². The fourth-order valence-electron chi connectivity index (χ4n) is 9.07. The second-order valence-electron chi connectivity index (χ2n) is 18.2. The Morgan fingerprint density at radius 1 is 1.11 bits per heavy atom. The zero-order valence-electron chi connectivity index (χ0n) is 35.7. The van der Waals surface area contributed by atoms with Crippen molar-refractivity contribution < 1.29 is 46.5 Å². The molecule has 1 unspecified atom stereocenters. The second-order valence-corrected chi connectivity index (χ2v) is 20.1. The van der Waals surface area contributed by atoms with E-state index >= 15 is 0 Å². The molecule has 4 amide bonds. The molecular formula is C43H56N8O10S. The molecule has 2 aliphatic heterocycles. The molecule has 3 aromatic rings. The molecule has 1 saturated heterocycles. The Balaban J connectivity index is 1.16. The van der Waals surface area contributed by atoms with Crippen molar-refractivity contribution in [3.8, 4) is 17.4 Å². The summed E-state index contributed by atoms with van der Waals surface area (Å²) in [6.07, 6.45) is 7.87. The lowest BCUT2D eigenvalue weighted by Gasteiger charge is -2.32. The Bertz CT molecular complexity index is 2360. The van der Waals surface area contributed by atoms with Gasteiger partial charge in [0.15, 0.2) is 12.4 Å². The third kappa shape index (κ3) is 9.17. The lowest BCUT2D eigenvalue weighted by atomic mass is 9.87. The number of aryl methyl sites for hydroxylation is 2. The first-order valence-corrected chi connectivity index (χ1v) is 23.0. The van der Waals surface area contributed by atoms with Crippen LogP contribution in [0.2, 0.25) is 0 Å². The van der Waals surface area contributed by atoms with Crippen LogP contribution in [0.5, 0.6) is 17.4 Å². The molecule has 2 aromatic heterocycles. The smallest absolute Gasteiger partial charge is 0.407 e. The Labute approximate surface area is 360 Å². The fourth-order valence-corrected chi connectivity index (χ4v) is 10.4. The maximum atomic E-state index is 14.9. The average Bonchev–Trinajstić information content (AvgIpc) is 4.03. The summed E-state index contributed by atoms with van der Waals surface area (Å²) in [4.78, 5) is 67.3. The highest BCUT2D eigenvalue weighted by Gasteiger charge is 2.62. The zero-order chi connectivity index (χ0) is 44.0. The third-order valence-electron chi connectivity index (χ3n) is 12.8. The second kappa shape index (κ2) is 17.0. The molecule has 8 rings (SSSR count). The molecule has 1 aromatic carbocycles. The number of amides is 4. The van der Waals surface area contributed by atoms with Crippen molar-refractivity contribution in [2.45, 2.75) is 120 Å². The number of alkyl carbamates (subject to hydrolysis) is 1. The largest absolute Gasteiger partial charge is 0.496 e. The van der Waals surface area contributed by atoms with E-state index in [0.29, 0.717) is 66.8 Å². The number of ether oxygens (including phenoxy) is 4. The number of sulfonamides is 1. The van der Waals surface area contributed by atoms with Gasteiger partial charge in [-0.3, -0.25) is 23.8 Å². The van der Waals surface area contributed by atoms with Crippen LogP contribution < -0.4 is 29.6 Å². The van der Waals surface area contributed by atoms with Gasteiger partial charge in [0.05, 0.1) is 31.0 Å². The maximum Gasteiger partial charge on any atom is 0.407 e. The summed E-state index contributed by atoms with van der Waals surface area (Å²) in [5, 5.41) is 10.0. The van der Waals surface area contributed by atoms with E-state index < -0.39 is 74.1 Å². The van der Waals surface area contributed by atoms with E-state index in [1.54, 1.807) is 31.2 Å². The van der Waals surface area contributed by atoms with Crippen LogP contribution in [-0.2, 0) is 49.2 Å². The zero-order valence-corrected chi connectivity index (χ0v) is 36.5. The van der Waals surface area contributed by atoms with Gasteiger partial charge in [-0.2, -0.15) is 5.10 Å². The van der Waals surface area contributed by atoms with Crippen molar-refractivity contribution in [2.75, 3.05) is 20.3 Å². The summed E-state index contributed by atoms with van der Waals surface area (Å²) >= 11 is 0. The van der Waals surface area contributed by atoms with Gasteiger partial charge in [0.25, 0.3) is 5.91 Å². The standard InChI is InChI=1S/C43H56N8O10S/c1-6-27-20-43(27,40(54)49-62(56,57)29-13-14-29)47-38(52)32-17-28-21-51(32)39(53)37(25-10-7-8-11-25)46-41(55)60-23-42(2,3)15-9-12-26-16-30-31(18-33(26)58-5)45-36(19-34(30)61-28)59-22-35-44-24-50(4)48-35/h6,16,18-19,24-25,27-29,32,37H,1,7-15,17,20-23H2,2-5H3,(H,46,55)(H,47,52)(H,49,54)/t27-,28+,32-,37-,43?/m0/s1. The fraction of sp³-hybridized carbons (Fsp3) is 0.605. The number of cyclic esters (lactones) is 1. The van der Waals surface area contributed by atoms with Gasteiger partial charge in [0.1, 0.15) is 41.6 Å². The molecule has 0 radical (unpaired) electrons. The van der Waals surface area contributed by atoms with E-state index in [2.05, 4.69) is 32.0 Å². The summed E-state index contributed by atoms with van der Waals surface area (Å²) < 4.78 is 54.0. The van der Waals surface area contributed by atoms with Crippen LogP contribution in [0.4, 0.5) is 4.79 Å². The molecule has 5 aliphatic rings. The normalized spacial score (nSPS) is 26.7. The van der Waals surface area contributed by atoms with Crippen molar-refractivity contribution in [3.63, 3.8) is 0 Å². The van der Waals surface area contributed by atoms with Gasteiger partial charge in [-0.15, -0.1) is 6.58 Å². The van der Waals surface area contributed by atoms with Gasteiger partial charge in [-0.1, -0.05) is 32.8 Å². The predicted molar refractivity (Wildman–Crippen MR) is 224 cm³/mol. The van der Waals surface area contributed by atoms with Gasteiger partial charge in [0.2, 0.25) is 27.7 Å².